The van der Waals surface area contributed by atoms with Gasteiger partial charge in [-0.1, -0.05) is 76.1 Å². The molecule has 18 nitrogen and oxygen atoms in total. The zero-order valence-electron chi connectivity index (χ0n) is 56.3. The van der Waals surface area contributed by atoms with Crippen LogP contribution in [0.1, 0.15) is 192 Å². The molecule has 2 fully saturated rings. The van der Waals surface area contributed by atoms with Crippen LogP contribution in [-0.2, 0) is 68.5 Å². The number of rotatable bonds is 30. The second kappa shape index (κ2) is 35.8. The summed E-state index contributed by atoms with van der Waals surface area (Å²) in [5.74, 6) is -2.28. The molecule has 2 aromatic carbocycles. The minimum Gasteiger partial charge on any atom is -0.469 e. The number of hydrogen-bond acceptors (Lipinski definition) is 17. The zero-order valence-corrected chi connectivity index (χ0v) is 56.3. The maximum Gasteiger partial charge on any atom is 0.320 e. The lowest BCUT2D eigenvalue weighted by Crippen LogP contribution is -2.49. The fourth-order valence-electron chi connectivity index (χ4n) is 11.9. The Bertz CT molecular complexity index is 2600. The number of fused-ring (bicyclic) bond motifs is 1. The Morgan fingerprint density at radius 1 is 0.545 bits per heavy atom. The molecule has 1 N–H and O–H groups in total. The topological polar surface area (TPSA) is 216 Å². The van der Waals surface area contributed by atoms with Gasteiger partial charge in [-0.2, -0.15) is 0 Å². The Balaban J connectivity index is 1.34. The first-order valence-electron chi connectivity index (χ1n) is 32.6. The minimum absolute atomic E-state index is 0.0235. The maximum atomic E-state index is 14.2. The maximum absolute atomic E-state index is 14.2. The number of ketones is 4. The predicted octanol–water partition coefficient (Wildman–Crippen LogP) is 9.96. The number of amides is 1. The van der Waals surface area contributed by atoms with Crippen molar-refractivity contribution in [3.63, 3.8) is 0 Å². The number of carbonyl (C=O) groups excluding carboxylic acids is 9. The molecule has 1 aliphatic heterocycles. The molecule has 18 heteroatoms. The van der Waals surface area contributed by atoms with E-state index in [4.69, 9.17) is 18.9 Å². The van der Waals surface area contributed by atoms with Crippen LogP contribution < -0.4 is 5.32 Å². The molecule has 1 heterocycles. The monoisotopic (exact) mass is 1230 g/mol. The number of nitrogens with one attached hydrogen (secondary N) is 1. The molecule has 0 spiro atoms. The van der Waals surface area contributed by atoms with E-state index in [0.717, 1.165) is 29.2 Å². The summed E-state index contributed by atoms with van der Waals surface area (Å²) < 4.78 is 22.0. The SMILES string of the molecule is COC(=O)[C@H](CCCCCC(=O)[C@H](Cc1ccc2ccccc2c1)NC(=O)C1CCC(CCC(=O)CN2CCN(CC(C)=O)CCN(CC(=O)OC(C)(C)C)CCN(CC(=O)OC(C)(C)C)CC2)CC1)CC(=O)C[C@@H](CCC(=O)OC(C)(C)C)C(C)(C)C. The van der Waals surface area contributed by atoms with Gasteiger partial charge in [-0.15, -0.1) is 0 Å². The standard InChI is InChI=1S/C70H111N5O13/c1-50(76)46-72-34-36-73(37-39-75(49-64(82)88-70(11,12)13)41-40-74(38-35-72)48-63(81)87-69(8,9)10)47-58(77)32-27-51-24-29-54(30-25-51)65(83)71-60(43-52-26-28-53-20-18-19-21-55(53)42-52)61(79)23-17-15-16-22-56(66(84)85-14)44-59(78)45-57(67(2,3)4)31-33-62(80)86-68(5,6)7/h18-21,26,28,42,51,54,56-57,60H,15-17,22-25,27,29-41,43-49H2,1-14H3,(H,71,83)/t51?,54?,56-,57-,60+/m1/s1. The lowest BCUT2D eigenvalue weighted by molar-refractivity contribution is -0.158. The average molecular weight is 1230 g/mol. The number of Topliss-reactive ketones (excluding diaryl/α,β-unsaturated/α-hetero) is 4. The average Bonchev–Trinajstić information content (AvgIpc) is 3.49. The highest BCUT2D eigenvalue weighted by Gasteiger charge is 2.33. The van der Waals surface area contributed by atoms with E-state index in [1.165, 1.54) is 7.11 Å². The first-order chi connectivity index (χ1) is 41.1. The first kappa shape index (κ1) is 75.0. The van der Waals surface area contributed by atoms with Gasteiger partial charge in [0.15, 0.2) is 5.78 Å². The molecular weight excluding hydrogens is 1120 g/mol. The van der Waals surface area contributed by atoms with Crippen LogP contribution in [0.4, 0.5) is 0 Å². The van der Waals surface area contributed by atoms with Gasteiger partial charge in [0.2, 0.25) is 5.91 Å². The lowest BCUT2D eigenvalue weighted by atomic mass is 9.74. The normalized spacial score (nSPS) is 18.6. The Labute approximate surface area is 526 Å². The lowest BCUT2D eigenvalue weighted by Gasteiger charge is -2.34. The van der Waals surface area contributed by atoms with E-state index in [2.05, 4.69) is 21.2 Å². The molecule has 88 heavy (non-hydrogen) atoms. The Morgan fingerprint density at radius 2 is 1.06 bits per heavy atom. The summed E-state index contributed by atoms with van der Waals surface area (Å²) in [7, 11) is 1.33. The number of ether oxygens (including phenoxy) is 4. The minimum atomic E-state index is -0.737. The van der Waals surface area contributed by atoms with Crippen molar-refractivity contribution in [2.75, 3.05) is 85.6 Å². The largest absolute Gasteiger partial charge is 0.469 e. The molecule has 494 valence electrons. The number of benzene rings is 2. The van der Waals surface area contributed by atoms with Gasteiger partial charge in [0.25, 0.3) is 0 Å². The van der Waals surface area contributed by atoms with Gasteiger partial charge in [0.1, 0.15) is 34.2 Å². The molecule has 4 rings (SSSR count). The number of nitrogens with zero attached hydrogens (tertiary/aromatic N) is 4. The number of unbranched alkanes of at least 4 members (excludes halogenated alkanes) is 2. The summed E-state index contributed by atoms with van der Waals surface area (Å²) in [6.07, 6.45) is 7.71. The van der Waals surface area contributed by atoms with Crippen LogP contribution in [0.15, 0.2) is 42.5 Å². The second-order valence-corrected chi connectivity index (χ2v) is 29.1. The molecule has 0 bridgehead atoms. The third-order valence-corrected chi connectivity index (χ3v) is 16.6. The van der Waals surface area contributed by atoms with Crippen molar-refractivity contribution in [3.05, 3.63) is 48.0 Å². The van der Waals surface area contributed by atoms with E-state index in [-0.39, 0.29) is 122 Å². The molecule has 1 aliphatic carbocycles. The Hall–Kier alpha value is -5.43. The van der Waals surface area contributed by atoms with Gasteiger partial charge in [-0.3, -0.25) is 62.8 Å². The van der Waals surface area contributed by atoms with Crippen LogP contribution in [-0.4, -0.2) is 181 Å². The molecule has 2 aliphatic rings. The van der Waals surface area contributed by atoms with E-state index in [1.54, 1.807) is 6.92 Å². The molecule has 2 aromatic rings. The van der Waals surface area contributed by atoms with Gasteiger partial charge < -0.3 is 24.3 Å². The van der Waals surface area contributed by atoms with Crippen LogP contribution >= 0.6 is 0 Å². The summed E-state index contributed by atoms with van der Waals surface area (Å²) in [5.41, 5.74) is -1.21. The summed E-state index contributed by atoms with van der Waals surface area (Å²) in [6.45, 7) is 28.8. The summed E-state index contributed by atoms with van der Waals surface area (Å²) in [4.78, 5) is 128. The first-order valence-corrected chi connectivity index (χ1v) is 32.6. The van der Waals surface area contributed by atoms with Crippen LogP contribution in [0.25, 0.3) is 10.8 Å². The smallest absolute Gasteiger partial charge is 0.320 e. The number of esters is 4. The Kier molecular flexibility index (Phi) is 30.5. The van der Waals surface area contributed by atoms with Crippen molar-refractivity contribution in [1.82, 2.24) is 24.9 Å². The molecule has 0 radical (unpaired) electrons. The van der Waals surface area contributed by atoms with E-state index >= 15 is 0 Å². The molecular formula is C70H111N5O13. The van der Waals surface area contributed by atoms with Crippen LogP contribution in [0.2, 0.25) is 0 Å². The number of carbonyl (C=O) groups is 9. The van der Waals surface area contributed by atoms with Crippen molar-refractivity contribution in [2.24, 2.45) is 29.1 Å². The van der Waals surface area contributed by atoms with Crippen LogP contribution in [0, 0.1) is 29.1 Å². The van der Waals surface area contributed by atoms with Gasteiger partial charge in [0, 0.05) is 90.4 Å². The summed E-state index contributed by atoms with van der Waals surface area (Å²) in [5, 5.41) is 5.31. The van der Waals surface area contributed by atoms with E-state index in [1.807, 2.05) is 129 Å². The number of hydrogen-bond donors (Lipinski definition) is 1. The summed E-state index contributed by atoms with van der Waals surface area (Å²) in [6, 6.07) is 13.4. The highest BCUT2D eigenvalue weighted by molar-refractivity contribution is 5.91. The van der Waals surface area contributed by atoms with E-state index in [0.29, 0.717) is 117 Å². The van der Waals surface area contributed by atoms with Gasteiger partial charge in [-0.05, 0) is 161 Å². The van der Waals surface area contributed by atoms with Gasteiger partial charge >= 0.3 is 23.9 Å². The van der Waals surface area contributed by atoms with Gasteiger partial charge in [-0.25, -0.2) is 0 Å². The molecule has 1 amide bonds. The molecule has 0 aromatic heterocycles. The second-order valence-electron chi connectivity index (χ2n) is 29.1. The third kappa shape index (κ3) is 30.4. The van der Waals surface area contributed by atoms with E-state index < -0.39 is 34.7 Å². The highest BCUT2D eigenvalue weighted by Crippen LogP contribution is 2.35. The van der Waals surface area contributed by atoms with E-state index in [9.17, 15) is 43.2 Å². The summed E-state index contributed by atoms with van der Waals surface area (Å²) >= 11 is 0. The molecule has 0 unspecified atom stereocenters. The molecule has 1 saturated carbocycles. The van der Waals surface area contributed by atoms with Crippen molar-refractivity contribution in [3.8, 4) is 0 Å². The predicted molar refractivity (Wildman–Crippen MR) is 343 cm³/mol. The fraction of sp³-hybridized carbons (Fsp3) is 0.729. The van der Waals surface area contributed by atoms with Crippen LogP contribution in [0.3, 0.4) is 0 Å². The van der Waals surface area contributed by atoms with Crippen molar-refractivity contribution >= 4 is 63.7 Å². The quantitative estimate of drug-likeness (QED) is 0.0437. The van der Waals surface area contributed by atoms with Crippen molar-refractivity contribution in [2.45, 2.75) is 216 Å². The molecule has 1 saturated heterocycles. The van der Waals surface area contributed by atoms with Crippen molar-refractivity contribution in [1.29, 1.82) is 0 Å². The Morgan fingerprint density at radius 3 is 1.57 bits per heavy atom. The molecule has 3 atom stereocenters. The van der Waals surface area contributed by atoms with Crippen molar-refractivity contribution < 1.29 is 62.1 Å². The van der Waals surface area contributed by atoms with Crippen LogP contribution in [0.5, 0.6) is 0 Å². The highest BCUT2D eigenvalue weighted by atomic mass is 16.6. The number of methoxy groups -OCH3 is 1. The van der Waals surface area contributed by atoms with Gasteiger partial charge in [0.05, 0.1) is 45.2 Å². The third-order valence-electron chi connectivity index (χ3n) is 16.6. The fourth-order valence-corrected chi connectivity index (χ4v) is 11.9. The zero-order chi connectivity index (χ0) is 65.4.